The number of ether oxygens (including phenoxy) is 2. The Morgan fingerprint density at radius 3 is 3.19 bits per heavy atom. The summed E-state index contributed by atoms with van der Waals surface area (Å²) >= 11 is 0. The van der Waals surface area contributed by atoms with E-state index in [9.17, 15) is 0 Å². The topological polar surface area (TPSA) is 34.6 Å². The largest absolute Gasteiger partial charge is 0.489 e. The zero-order valence-electron chi connectivity index (χ0n) is 9.14. The molecule has 0 aliphatic carbocycles. The fraction of sp³-hybridized carbons (Fsp3) is 0.308. The molecule has 0 radical (unpaired) electrons. The molecule has 3 heteroatoms. The van der Waals surface area contributed by atoms with Crippen LogP contribution in [0.4, 0.5) is 0 Å². The minimum atomic E-state index is 0.285. The van der Waals surface area contributed by atoms with Gasteiger partial charge in [-0.15, -0.1) is 0 Å². The van der Waals surface area contributed by atoms with Crippen LogP contribution < -0.4 is 4.74 Å². The van der Waals surface area contributed by atoms with Crippen molar-refractivity contribution >= 4 is 10.9 Å². The van der Waals surface area contributed by atoms with Crippen LogP contribution in [0.3, 0.4) is 0 Å². The molecule has 2 heterocycles. The van der Waals surface area contributed by atoms with Crippen LogP contribution in [-0.4, -0.2) is 24.3 Å². The number of rotatable bonds is 3. The molecule has 2 aromatic rings. The number of hydrogen-bond donors (Lipinski definition) is 0. The van der Waals surface area contributed by atoms with Gasteiger partial charge in [0.2, 0.25) is 0 Å². The number of hydrogen-bond acceptors (Lipinski definition) is 3. The van der Waals surface area contributed by atoms with Crippen LogP contribution in [0.1, 0.15) is 5.56 Å². The molecule has 16 heavy (non-hydrogen) atoms. The Bertz CT molecular complexity index is 520. The van der Waals surface area contributed by atoms with Crippen molar-refractivity contribution in [3.8, 4) is 5.75 Å². The van der Waals surface area contributed by atoms with Crippen molar-refractivity contribution in [3.05, 3.63) is 36.0 Å². The number of nitrogens with zero attached hydrogens (tertiary/aromatic N) is 1. The third kappa shape index (κ3) is 1.86. The molecule has 1 unspecified atom stereocenters. The van der Waals surface area contributed by atoms with E-state index in [-0.39, 0.29) is 6.10 Å². The van der Waals surface area contributed by atoms with Gasteiger partial charge in [-0.25, -0.2) is 0 Å². The molecule has 1 atom stereocenters. The van der Waals surface area contributed by atoms with Gasteiger partial charge < -0.3 is 9.47 Å². The van der Waals surface area contributed by atoms with E-state index in [1.54, 1.807) is 6.20 Å². The lowest BCUT2D eigenvalue weighted by Crippen LogP contribution is -2.04. The van der Waals surface area contributed by atoms with Crippen molar-refractivity contribution in [2.75, 3.05) is 13.2 Å². The molecule has 3 nitrogen and oxygen atoms in total. The molecule has 1 aromatic carbocycles. The lowest BCUT2D eigenvalue weighted by atomic mass is 10.1. The number of aromatic nitrogens is 1. The highest BCUT2D eigenvalue weighted by atomic mass is 16.6. The molecule has 1 aliphatic rings. The highest BCUT2D eigenvalue weighted by molar-refractivity contribution is 5.82. The van der Waals surface area contributed by atoms with Crippen molar-refractivity contribution in [2.45, 2.75) is 13.0 Å². The lowest BCUT2D eigenvalue weighted by molar-refractivity contribution is 0.262. The van der Waals surface area contributed by atoms with Crippen molar-refractivity contribution in [1.29, 1.82) is 0 Å². The average molecular weight is 215 g/mol. The SMILES string of the molecule is Cc1cccc2cc(OCC3CO3)cnc12. The standard InChI is InChI=1S/C13H13NO2/c1-9-3-2-4-10-5-11(6-14-13(9)10)15-7-12-8-16-12/h2-6,12H,7-8H2,1H3. The van der Waals surface area contributed by atoms with Crippen LogP contribution in [0.15, 0.2) is 30.5 Å². The third-order valence-electron chi connectivity index (χ3n) is 2.73. The molecule has 82 valence electrons. The predicted octanol–water partition coefficient (Wildman–Crippen LogP) is 2.32. The van der Waals surface area contributed by atoms with E-state index >= 15 is 0 Å². The zero-order chi connectivity index (χ0) is 11.0. The second kappa shape index (κ2) is 3.76. The maximum absolute atomic E-state index is 5.59. The quantitative estimate of drug-likeness (QED) is 0.737. The monoisotopic (exact) mass is 215 g/mol. The molecule has 0 bridgehead atoms. The summed E-state index contributed by atoms with van der Waals surface area (Å²) in [5.74, 6) is 0.814. The van der Waals surface area contributed by atoms with E-state index in [0.717, 1.165) is 23.3 Å². The summed E-state index contributed by atoms with van der Waals surface area (Å²) in [5, 5.41) is 1.12. The van der Waals surface area contributed by atoms with Crippen LogP contribution >= 0.6 is 0 Å². The van der Waals surface area contributed by atoms with Crippen LogP contribution in [0.5, 0.6) is 5.75 Å². The Hall–Kier alpha value is -1.61. The first-order chi connectivity index (χ1) is 7.83. The summed E-state index contributed by atoms with van der Waals surface area (Å²) in [6.45, 7) is 3.51. The first-order valence-electron chi connectivity index (χ1n) is 5.43. The Balaban J connectivity index is 1.89. The Labute approximate surface area is 94.0 Å². The smallest absolute Gasteiger partial charge is 0.138 e. The highest BCUT2D eigenvalue weighted by Gasteiger charge is 2.23. The first kappa shape index (κ1) is 9.60. The summed E-state index contributed by atoms with van der Waals surface area (Å²) in [4.78, 5) is 4.41. The van der Waals surface area contributed by atoms with Gasteiger partial charge in [0.15, 0.2) is 0 Å². The first-order valence-corrected chi connectivity index (χ1v) is 5.43. The van der Waals surface area contributed by atoms with Crippen LogP contribution in [0.25, 0.3) is 10.9 Å². The molecule has 0 amide bonds. The van der Waals surface area contributed by atoms with Gasteiger partial charge in [0.1, 0.15) is 18.5 Å². The molecular formula is C13H13NO2. The van der Waals surface area contributed by atoms with E-state index in [1.165, 1.54) is 5.56 Å². The minimum absolute atomic E-state index is 0.285. The normalized spacial score (nSPS) is 18.7. The van der Waals surface area contributed by atoms with Crippen molar-refractivity contribution in [2.24, 2.45) is 0 Å². The molecular weight excluding hydrogens is 202 g/mol. The third-order valence-corrected chi connectivity index (χ3v) is 2.73. The maximum Gasteiger partial charge on any atom is 0.138 e. The van der Waals surface area contributed by atoms with Gasteiger partial charge in [-0.05, 0) is 18.6 Å². The van der Waals surface area contributed by atoms with Gasteiger partial charge in [0.25, 0.3) is 0 Å². The Morgan fingerprint density at radius 1 is 1.50 bits per heavy atom. The Kier molecular flexibility index (Phi) is 2.26. The summed E-state index contributed by atoms with van der Waals surface area (Å²) in [5.41, 5.74) is 2.23. The zero-order valence-corrected chi connectivity index (χ0v) is 9.14. The number of aryl methyl sites for hydroxylation is 1. The van der Waals surface area contributed by atoms with E-state index < -0.39 is 0 Å². The fourth-order valence-electron chi connectivity index (χ4n) is 1.73. The van der Waals surface area contributed by atoms with E-state index in [4.69, 9.17) is 9.47 Å². The van der Waals surface area contributed by atoms with Gasteiger partial charge in [-0.1, -0.05) is 18.2 Å². The molecule has 0 spiro atoms. The molecule has 1 aliphatic heterocycles. The summed E-state index contributed by atoms with van der Waals surface area (Å²) in [6, 6.07) is 8.18. The van der Waals surface area contributed by atoms with Gasteiger partial charge in [-0.2, -0.15) is 0 Å². The van der Waals surface area contributed by atoms with Gasteiger partial charge in [-0.3, -0.25) is 4.98 Å². The number of benzene rings is 1. The number of epoxide rings is 1. The van der Waals surface area contributed by atoms with E-state index in [2.05, 4.69) is 24.0 Å². The second-order valence-corrected chi connectivity index (χ2v) is 4.08. The lowest BCUT2D eigenvalue weighted by Gasteiger charge is -2.06. The number of pyridine rings is 1. The van der Waals surface area contributed by atoms with Crippen molar-refractivity contribution < 1.29 is 9.47 Å². The molecule has 0 saturated carbocycles. The minimum Gasteiger partial charge on any atom is -0.489 e. The average Bonchev–Trinajstić information content (AvgIpc) is 3.10. The second-order valence-electron chi connectivity index (χ2n) is 4.08. The summed E-state index contributed by atoms with van der Waals surface area (Å²) < 4.78 is 10.7. The van der Waals surface area contributed by atoms with Crippen LogP contribution in [0.2, 0.25) is 0 Å². The summed E-state index contributed by atoms with van der Waals surface area (Å²) in [6.07, 6.45) is 2.06. The highest BCUT2D eigenvalue weighted by Crippen LogP contribution is 2.21. The van der Waals surface area contributed by atoms with Gasteiger partial charge in [0.05, 0.1) is 18.3 Å². The predicted molar refractivity (Wildman–Crippen MR) is 61.7 cm³/mol. The van der Waals surface area contributed by atoms with Crippen LogP contribution in [-0.2, 0) is 4.74 Å². The maximum atomic E-state index is 5.59. The summed E-state index contributed by atoms with van der Waals surface area (Å²) in [7, 11) is 0. The number of fused-ring (bicyclic) bond motifs is 1. The van der Waals surface area contributed by atoms with Gasteiger partial charge >= 0.3 is 0 Å². The molecule has 0 N–H and O–H groups in total. The fourth-order valence-corrected chi connectivity index (χ4v) is 1.73. The Morgan fingerprint density at radius 2 is 2.38 bits per heavy atom. The molecule has 1 fully saturated rings. The molecule has 1 aromatic heterocycles. The van der Waals surface area contributed by atoms with Gasteiger partial charge in [0, 0.05) is 5.39 Å². The molecule has 1 saturated heterocycles. The van der Waals surface area contributed by atoms with E-state index in [0.29, 0.717) is 6.61 Å². The van der Waals surface area contributed by atoms with Crippen molar-refractivity contribution in [1.82, 2.24) is 4.98 Å². The van der Waals surface area contributed by atoms with Crippen LogP contribution in [0, 0.1) is 6.92 Å². The molecule has 3 rings (SSSR count). The van der Waals surface area contributed by atoms with Crippen molar-refractivity contribution in [3.63, 3.8) is 0 Å². The van der Waals surface area contributed by atoms with E-state index in [1.807, 2.05) is 12.1 Å². The number of para-hydroxylation sites is 1.